The number of aromatic hydroxyl groups is 3. The maximum atomic E-state index is 14.4. The Labute approximate surface area is 429 Å². The van der Waals surface area contributed by atoms with E-state index in [1.54, 1.807) is 44.9 Å². The van der Waals surface area contributed by atoms with Crippen LogP contribution >= 0.6 is 0 Å². The van der Waals surface area contributed by atoms with Crippen molar-refractivity contribution in [2.45, 2.75) is 124 Å². The van der Waals surface area contributed by atoms with E-state index in [1.165, 1.54) is 59.4 Å². The van der Waals surface area contributed by atoms with Crippen molar-refractivity contribution in [3.63, 3.8) is 0 Å². The highest BCUT2D eigenvalue weighted by Crippen LogP contribution is 2.55. The van der Waals surface area contributed by atoms with Crippen molar-refractivity contribution in [1.29, 1.82) is 0 Å². The topological polar surface area (TPSA) is 285 Å². The van der Waals surface area contributed by atoms with E-state index in [0.717, 1.165) is 39.0 Å². The predicted octanol–water partition coefficient (Wildman–Crippen LogP) is 4.04. The van der Waals surface area contributed by atoms with E-state index in [4.69, 9.17) is 29.2 Å². The highest BCUT2D eigenvalue weighted by atomic mass is 16.7. The van der Waals surface area contributed by atoms with Crippen LogP contribution in [0, 0.1) is 30.6 Å². The van der Waals surface area contributed by atoms with Crippen LogP contribution in [0.15, 0.2) is 41.2 Å². The van der Waals surface area contributed by atoms with Gasteiger partial charge < -0.3 is 75.5 Å². The van der Waals surface area contributed by atoms with Crippen molar-refractivity contribution in [1.82, 2.24) is 20.5 Å². The molecule has 1 amide bonds. The van der Waals surface area contributed by atoms with Gasteiger partial charge in [0.25, 0.3) is 11.7 Å². The largest absolute Gasteiger partial charge is 0.507 e. The first-order valence-electron chi connectivity index (χ1n) is 25.3. The van der Waals surface area contributed by atoms with Gasteiger partial charge in [-0.3, -0.25) is 19.4 Å². The third kappa shape index (κ3) is 14.5. The minimum atomic E-state index is -2.04. The molecule has 0 aromatic heterocycles. The molecule has 4 aliphatic heterocycles. The average Bonchev–Trinajstić information content (AvgIpc) is 3.63. The highest BCUT2D eigenvalue weighted by Gasteiger charge is 2.50. The number of ketones is 1. The van der Waals surface area contributed by atoms with Gasteiger partial charge in [-0.1, -0.05) is 59.8 Å². The van der Waals surface area contributed by atoms with Gasteiger partial charge in [-0.25, -0.2) is 0 Å². The molecule has 2 aromatic carbocycles. The van der Waals surface area contributed by atoms with E-state index in [0.29, 0.717) is 13.1 Å². The number of aliphatic hydroxyl groups is 4. The lowest BCUT2D eigenvalue weighted by Crippen LogP contribution is -2.46. The molecule has 0 saturated carbocycles. The van der Waals surface area contributed by atoms with Crippen LogP contribution in [0.3, 0.4) is 0 Å². The van der Waals surface area contributed by atoms with Gasteiger partial charge >= 0.3 is 11.8 Å². The van der Waals surface area contributed by atoms with E-state index in [9.17, 15) is 39.9 Å². The number of likely N-dealkylation sites (N-methyl/N-ethyl adjacent to an activating group) is 1. The number of piperazine rings is 1. The Hall–Kier alpha value is -5.32. The molecule has 5 bridgehead atoms. The fourth-order valence-corrected chi connectivity index (χ4v) is 9.15. The first kappa shape index (κ1) is 60.2. The van der Waals surface area contributed by atoms with Crippen molar-refractivity contribution in [3.05, 3.63) is 52.8 Å². The normalized spacial score (nSPS) is 28.9. The quantitative estimate of drug-likeness (QED) is 0.0445. The zero-order valence-corrected chi connectivity index (χ0v) is 44.6. The van der Waals surface area contributed by atoms with Gasteiger partial charge in [0.05, 0.1) is 66.2 Å². The molecule has 20 heteroatoms. The molecule has 20 nitrogen and oxygen atoms in total. The number of rotatable bonds is 13. The van der Waals surface area contributed by atoms with Gasteiger partial charge in [-0.05, 0) is 39.8 Å². The highest BCUT2D eigenvalue weighted by molar-refractivity contribution is 6.23. The number of aliphatic hydroxyl groups excluding tert-OH is 4. The summed E-state index contributed by atoms with van der Waals surface area (Å²) in [6.07, 6.45) is 6.74. The van der Waals surface area contributed by atoms with Crippen LogP contribution in [0.25, 0.3) is 10.8 Å². The van der Waals surface area contributed by atoms with Crippen LogP contribution in [0.4, 0.5) is 5.69 Å². The van der Waals surface area contributed by atoms with Gasteiger partial charge in [0, 0.05) is 113 Å². The Bertz CT molecular complexity index is 2310. The third-order valence-corrected chi connectivity index (χ3v) is 14.3. The molecule has 408 valence electrons. The second-order valence-corrected chi connectivity index (χ2v) is 19.6. The van der Waals surface area contributed by atoms with Crippen molar-refractivity contribution >= 4 is 40.3 Å². The molecule has 0 spiro atoms. The number of nitrogens with zero attached hydrogens (tertiary/aromatic N) is 3. The van der Waals surface area contributed by atoms with Gasteiger partial charge in [-0.15, -0.1) is 0 Å². The Kier molecular flexibility index (Phi) is 22.5. The summed E-state index contributed by atoms with van der Waals surface area (Å²) in [5, 5.41) is 91.1. The Balaban J connectivity index is 0.000000717. The van der Waals surface area contributed by atoms with Gasteiger partial charge in [-0.2, -0.15) is 5.10 Å². The number of phenolic OH excluding ortho intramolecular Hbond substituents is 3. The number of methoxy groups -OCH3 is 1. The minimum absolute atomic E-state index is 0.0559. The number of carbonyl (C=O) groups excluding carboxylic acids is 3. The first-order valence-corrected chi connectivity index (χ1v) is 25.3. The number of Topliss-reactive ketones (excluding diaryl/α,β-unsaturated/α-hetero) is 1. The second kappa shape index (κ2) is 27.3. The van der Waals surface area contributed by atoms with Crippen molar-refractivity contribution in [2.24, 2.45) is 28.8 Å². The molecule has 0 aliphatic carbocycles. The van der Waals surface area contributed by atoms with E-state index in [1.807, 2.05) is 20.9 Å². The van der Waals surface area contributed by atoms with Crippen molar-refractivity contribution in [2.75, 3.05) is 72.0 Å². The molecule has 1 saturated heterocycles. The van der Waals surface area contributed by atoms with Gasteiger partial charge in [0.2, 0.25) is 0 Å². The number of hydrazone groups is 1. The molecule has 0 radical (unpaired) electrons. The second-order valence-electron chi connectivity index (χ2n) is 19.6. The number of amides is 1. The lowest BCUT2D eigenvalue weighted by atomic mass is 9.78. The van der Waals surface area contributed by atoms with Crippen LogP contribution in [-0.2, 0) is 23.8 Å². The maximum absolute atomic E-state index is 14.4. The van der Waals surface area contributed by atoms with E-state index < -0.39 is 88.8 Å². The number of allylic oxidation sites excluding steroid dienone is 2. The number of carbonyl (C=O) groups is 3. The summed E-state index contributed by atoms with van der Waals surface area (Å²) in [5.74, 6) is -8.34. The van der Waals surface area contributed by atoms with Crippen LogP contribution < -0.4 is 20.7 Å². The number of nitrogens with one attached hydrogen (secondary N) is 3. The third-order valence-electron chi connectivity index (χ3n) is 14.3. The zero-order chi connectivity index (χ0) is 54.5. The van der Waals surface area contributed by atoms with Crippen LogP contribution in [0.1, 0.15) is 96.6 Å². The number of anilines is 1. The lowest BCUT2D eigenvalue weighted by molar-refractivity contribution is -0.160. The van der Waals surface area contributed by atoms with E-state index >= 15 is 0 Å². The number of phenols is 3. The first-order chi connectivity index (χ1) is 34.5. The summed E-state index contributed by atoms with van der Waals surface area (Å²) in [5.41, 5.74) is -0.350. The molecule has 10 N–H and O–H groups in total. The monoisotopic (exact) mass is 1030 g/mol. The fraction of sp³-hybridized carbons (Fsp3) is 0.623. The minimum Gasteiger partial charge on any atom is -0.507 e. The Morgan fingerprint density at radius 3 is 2.05 bits per heavy atom. The van der Waals surface area contributed by atoms with Crippen molar-refractivity contribution < 1.29 is 69.1 Å². The average molecular weight is 1030 g/mol. The maximum Gasteiger partial charge on any atom is 0.312 e. The summed E-state index contributed by atoms with van der Waals surface area (Å²) in [6, 6.07) is 0.400. The SMILES string of the molecule is CC[C@@H](CO)NCCN[C@@H](CC)CO.CO[C@H]1/C=C/O[C@@]2(C)Oc3c(C)c(O)c4c(O)c(c(/C=N/N5CCN(C)CC5)c(O)c4c3C2=O)NC(=O)/C(C)=C\C=C\[C@H](C)[C@H](O)[C@@H](C)[C@@H](O)[C@@H](C)[C@H](OC(C)=O)[C@@H]1C. The van der Waals surface area contributed by atoms with Gasteiger partial charge in [0.15, 0.2) is 5.75 Å². The van der Waals surface area contributed by atoms with Crippen LogP contribution in [0.2, 0.25) is 0 Å². The molecular formula is C53H82N6O14. The number of benzene rings is 2. The molecule has 1 fully saturated rings. The summed E-state index contributed by atoms with van der Waals surface area (Å²) in [6.45, 7) is 21.2. The van der Waals surface area contributed by atoms with E-state index in [-0.39, 0.29) is 69.8 Å². The molecule has 6 rings (SSSR count). The molecule has 4 heterocycles. The van der Waals surface area contributed by atoms with Crippen molar-refractivity contribution in [3.8, 4) is 23.0 Å². The molecular weight excluding hydrogens is 945 g/mol. The Morgan fingerprint density at radius 1 is 0.904 bits per heavy atom. The number of esters is 1. The number of ether oxygens (including phenoxy) is 4. The number of hydrogen-bond acceptors (Lipinski definition) is 19. The van der Waals surface area contributed by atoms with E-state index in [2.05, 4.69) is 26.0 Å². The molecule has 0 unspecified atom stereocenters. The van der Waals surface area contributed by atoms with Crippen LogP contribution in [0.5, 0.6) is 23.0 Å². The summed E-state index contributed by atoms with van der Waals surface area (Å²) >= 11 is 0. The fourth-order valence-electron chi connectivity index (χ4n) is 9.15. The standard InChI is InChI=1S/C43H58N4O12.C10H24N2O2/c1-21-12-11-13-22(2)42(55)45-33-28(20-44-47-17-15-46(9)16-18-47)37(52)30-31(38(33)53)36(51)26(6)40-32(30)41(54)43(8,59-40)57-19-14-29(56-10)23(3)39(58-27(7)48)25(5)35(50)24(4)34(21)49;1-3-9(7-13)11-5-6-12-10(4-2)8-14/h11-14,19-21,23-25,29,34-35,39,49-53H,15-18H2,1-10H3,(H,45,55);9-14H,3-8H2,1-2H3/b12-11+,19-14+,22-13-,44-20+;/t21-,23+,24+,25+,29-,34-,35+,39+,43-;9-,10-/m00/s1. The smallest absolute Gasteiger partial charge is 0.312 e. The molecule has 4 aliphatic rings. The summed E-state index contributed by atoms with van der Waals surface area (Å²) in [7, 11) is 3.42. The summed E-state index contributed by atoms with van der Waals surface area (Å²) < 4.78 is 23.6. The predicted molar refractivity (Wildman–Crippen MR) is 279 cm³/mol. The lowest BCUT2D eigenvalue weighted by Gasteiger charge is -2.38. The molecule has 73 heavy (non-hydrogen) atoms. The number of hydrogen-bond donors (Lipinski definition) is 10. The van der Waals surface area contributed by atoms with Gasteiger partial charge in [0.1, 0.15) is 23.4 Å². The number of fused-ring (bicyclic) bond motifs is 14. The zero-order valence-electron chi connectivity index (χ0n) is 44.6. The molecule has 11 atom stereocenters. The van der Waals surface area contributed by atoms with Crippen LogP contribution in [-0.4, -0.2) is 178 Å². The molecule has 2 aromatic rings. The summed E-state index contributed by atoms with van der Waals surface area (Å²) in [4.78, 5) is 42.6. The Morgan fingerprint density at radius 2 is 1.51 bits per heavy atom.